The average Bonchev–Trinajstić information content (AvgIpc) is 2.42. The smallest absolute Gasteiger partial charge is 0.254 e. The van der Waals surface area contributed by atoms with Crippen molar-refractivity contribution in [1.82, 2.24) is 4.98 Å². The number of nitrogens with zero attached hydrogens (tertiary/aromatic N) is 1. The van der Waals surface area contributed by atoms with Gasteiger partial charge in [-0.05, 0) is 42.8 Å². The molecule has 0 aliphatic rings. The van der Waals surface area contributed by atoms with Gasteiger partial charge in [0, 0.05) is 6.20 Å². The predicted molar refractivity (Wildman–Crippen MR) is 72.0 cm³/mol. The highest BCUT2D eigenvalue weighted by molar-refractivity contribution is 5.95. The van der Waals surface area contributed by atoms with E-state index < -0.39 is 5.91 Å². The van der Waals surface area contributed by atoms with Crippen LogP contribution >= 0.6 is 0 Å². The van der Waals surface area contributed by atoms with Gasteiger partial charge in [-0.15, -0.1) is 0 Å². The van der Waals surface area contributed by atoms with Crippen molar-refractivity contribution in [2.45, 2.75) is 6.42 Å². The van der Waals surface area contributed by atoms with Gasteiger partial charge in [0.25, 0.3) is 5.91 Å². The van der Waals surface area contributed by atoms with Crippen LogP contribution in [0.2, 0.25) is 0 Å². The maximum atomic E-state index is 11.2. The number of hydrogen-bond donors (Lipinski definition) is 2. The van der Waals surface area contributed by atoms with E-state index in [0.717, 1.165) is 12.0 Å². The Morgan fingerprint density at radius 1 is 1.21 bits per heavy atom. The molecule has 0 atom stereocenters. The molecular formula is C14H15N3O2. The number of benzene rings is 1. The zero-order valence-corrected chi connectivity index (χ0v) is 10.4. The Balaban J connectivity index is 2.19. The molecule has 0 aliphatic heterocycles. The van der Waals surface area contributed by atoms with Crippen molar-refractivity contribution in [2.75, 3.05) is 6.54 Å². The molecule has 0 fully saturated rings. The average molecular weight is 257 g/mol. The summed E-state index contributed by atoms with van der Waals surface area (Å²) in [7, 11) is 0. The summed E-state index contributed by atoms with van der Waals surface area (Å²) in [6.45, 7) is 0.603. The molecule has 0 aliphatic carbocycles. The molecule has 0 unspecified atom stereocenters. The number of carbonyl (C=O) groups excluding carboxylic acids is 1. The van der Waals surface area contributed by atoms with E-state index in [1.54, 1.807) is 18.3 Å². The molecule has 1 aromatic carbocycles. The van der Waals surface area contributed by atoms with E-state index >= 15 is 0 Å². The molecule has 0 radical (unpaired) electrons. The number of hydrogen-bond acceptors (Lipinski definition) is 4. The topological polar surface area (TPSA) is 91.2 Å². The third kappa shape index (κ3) is 3.29. The van der Waals surface area contributed by atoms with Crippen LogP contribution in [0.15, 0.2) is 42.6 Å². The number of rotatable bonds is 5. The first-order chi connectivity index (χ1) is 9.20. The van der Waals surface area contributed by atoms with Crippen molar-refractivity contribution in [3.63, 3.8) is 0 Å². The summed E-state index contributed by atoms with van der Waals surface area (Å²) in [5, 5.41) is 0. The van der Waals surface area contributed by atoms with Crippen molar-refractivity contribution in [3.05, 3.63) is 53.7 Å². The Kier molecular flexibility index (Phi) is 4.10. The van der Waals surface area contributed by atoms with Gasteiger partial charge in [0.15, 0.2) is 0 Å². The minimum absolute atomic E-state index is 0.210. The number of nitrogens with two attached hydrogens (primary N) is 2. The molecule has 5 heteroatoms. The number of aromatic nitrogens is 1. The van der Waals surface area contributed by atoms with Crippen LogP contribution in [0.25, 0.3) is 0 Å². The molecular weight excluding hydrogens is 242 g/mol. The van der Waals surface area contributed by atoms with Gasteiger partial charge < -0.3 is 16.2 Å². The first-order valence-electron chi connectivity index (χ1n) is 5.92. The van der Waals surface area contributed by atoms with E-state index in [0.29, 0.717) is 12.3 Å². The second-order valence-electron chi connectivity index (χ2n) is 4.01. The van der Waals surface area contributed by atoms with E-state index in [9.17, 15) is 4.79 Å². The van der Waals surface area contributed by atoms with Crippen LogP contribution in [0.4, 0.5) is 0 Å². The molecule has 4 N–H and O–H groups in total. The molecule has 2 rings (SSSR count). The summed E-state index contributed by atoms with van der Waals surface area (Å²) in [5.41, 5.74) is 12.1. The number of ether oxygens (including phenoxy) is 1. The Morgan fingerprint density at radius 3 is 2.58 bits per heavy atom. The first-order valence-corrected chi connectivity index (χ1v) is 5.92. The third-order valence-corrected chi connectivity index (χ3v) is 2.61. The zero-order valence-electron chi connectivity index (χ0n) is 10.4. The summed E-state index contributed by atoms with van der Waals surface area (Å²) in [4.78, 5) is 15.3. The van der Waals surface area contributed by atoms with Crippen LogP contribution in [0.3, 0.4) is 0 Å². The number of amides is 1. The van der Waals surface area contributed by atoms with Crippen LogP contribution in [0.1, 0.15) is 15.9 Å². The normalized spacial score (nSPS) is 10.2. The van der Waals surface area contributed by atoms with Gasteiger partial charge in [0.1, 0.15) is 11.3 Å². The molecule has 1 amide bonds. The second-order valence-corrected chi connectivity index (χ2v) is 4.01. The minimum atomic E-state index is -0.567. The van der Waals surface area contributed by atoms with Crippen LogP contribution in [0, 0.1) is 0 Å². The SMILES string of the molecule is NCCc1ccc(Oc2ncccc2C(N)=O)cc1. The summed E-state index contributed by atoms with van der Waals surface area (Å²) in [6, 6.07) is 10.7. The van der Waals surface area contributed by atoms with Gasteiger partial charge in [0.2, 0.25) is 5.88 Å². The standard InChI is InChI=1S/C14H15N3O2/c15-8-7-10-3-5-11(6-4-10)19-14-12(13(16)18)2-1-9-17-14/h1-6,9H,7-8,15H2,(H2,16,18). The maximum absolute atomic E-state index is 11.2. The molecule has 2 aromatic rings. The summed E-state index contributed by atoms with van der Waals surface area (Å²) >= 11 is 0. The van der Waals surface area contributed by atoms with Gasteiger partial charge in [0.05, 0.1) is 0 Å². The van der Waals surface area contributed by atoms with Gasteiger partial charge in [-0.1, -0.05) is 12.1 Å². The fourth-order valence-corrected chi connectivity index (χ4v) is 1.66. The molecule has 1 aromatic heterocycles. The fourth-order valence-electron chi connectivity index (χ4n) is 1.66. The van der Waals surface area contributed by atoms with Crippen LogP contribution in [-0.2, 0) is 6.42 Å². The van der Waals surface area contributed by atoms with Gasteiger partial charge in [-0.3, -0.25) is 4.79 Å². The van der Waals surface area contributed by atoms with E-state index in [1.165, 1.54) is 0 Å². The van der Waals surface area contributed by atoms with E-state index in [-0.39, 0.29) is 11.4 Å². The Bertz CT molecular complexity index is 567. The van der Waals surface area contributed by atoms with Crippen molar-refractivity contribution < 1.29 is 9.53 Å². The number of carbonyl (C=O) groups is 1. The zero-order chi connectivity index (χ0) is 13.7. The van der Waals surface area contributed by atoms with Crippen LogP contribution in [0.5, 0.6) is 11.6 Å². The summed E-state index contributed by atoms with van der Waals surface area (Å²) < 4.78 is 5.56. The third-order valence-electron chi connectivity index (χ3n) is 2.61. The number of pyridine rings is 1. The lowest BCUT2D eigenvalue weighted by Crippen LogP contribution is -2.12. The van der Waals surface area contributed by atoms with E-state index in [1.807, 2.05) is 24.3 Å². The Morgan fingerprint density at radius 2 is 1.95 bits per heavy atom. The van der Waals surface area contributed by atoms with Gasteiger partial charge in [-0.25, -0.2) is 4.98 Å². The van der Waals surface area contributed by atoms with Crippen molar-refractivity contribution >= 4 is 5.91 Å². The highest BCUT2D eigenvalue weighted by Crippen LogP contribution is 2.22. The molecule has 5 nitrogen and oxygen atoms in total. The Hall–Kier alpha value is -2.40. The molecule has 1 heterocycles. The monoisotopic (exact) mass is 257 g/mol. The lowest BCUT2D eigenvalue weighted by Gasteiger charge is -2.08. The lowest BCUT2D eigenvalue weighted by atomic mass is 10.1. The van der Waals surface area contributed by atoms with E-state index in [4.69, 9.17) is 16.2 Å². The van der Waals surface area contributed by atoms with Crippen molar-refractivity contribution in [3.8, 4) is 11.6 Å². The highest BCUT2D eigenvalue weighted by Gasteiger charge is 2.10. The molecule has 0 bridgehead atoms. The van der Waals surface area contributed by atoms with Crippen LogP contribution < -0.4 is 16.2 Å². The lowest BCUT2D eigenvalue weighted by molar-refractivity contribution is 0.0997. The number of primary amides is 1. The quantitative estimate of drug-likeness (QED) is 0.848. The van der Waals surface area contributed by atoms with E-state index in [2.05, 4.69) is 4.98 Å². The minimum Gasteiger partial charge on any atom is -0.438 e. The molecule has 0 saturated heterocycles. The Labute approximate surface area is 111 Å². The largest absolute Gasteiger partial charge is 0.438 e. The molecule has 98 valence electrons. The van der Waals surface area contributed by atoms with Gasteiger partial charge >= 0.3 is 0 Å². The summed E-state index contributed by atoms with van der Waals surface area (Å²) in [6.07, 6.45) is 2.36. The second kappa shape index (κ2) is 5.97. The first kappa shape index (κ1) is 13.0. The molecule has 19 heavy (non-hydrogen) atoms. The molecule has 0 spiro atoms. The van der Waals surface area contributed by atoms with Crippen LogP contribution in [-0.4, -0.2) is 17.4 Å². The van der Waals surface area contributed by atoms with Crippen molar-refractivity contribution in [1.29, 1.82) is 0 Å². The predicted octanol–water partition coefficient (Wildman–Crippen LogP) is 1.47. The van der Waals surface area contributed by atoms with Crippen molar-refractivity contribution in [2.24, 2.45) is 11.5 Å². The fraction of sp³-hybridized carbons (Fsp3) is 0.143. The molecule has 0 saturated carbocycles. The maximum Gasteiger partial charge on any atom is 0.254 e. The summed E-state index contributed by atoms with van der Waals surface area (Å²) in [5.74, 6) is 0.242. The van der Waals surface area contributed by atoms with Gasteiger partial charge in [-0.2, -0.15) is 0 Å². The highest BCUT2D eigenvalue weighted by atomic mass is 16.5.